The zero-order valence-electron chi connectivity index (χ0n) is 8.83. The molecule has 0 aliphatic rings. The molecule has 96 valence electrons. The number of nitrogens with zero attached hydrogens (tertiary/aromatic N) is 2. The predicted octanol–water partition coefficient (Wildman–Crippen LogP) is 4.04. The van der Waals surface area contributed by atoms with Crippen molar-refractivity contribution in [3.63, 3.8) is 0 Å². The SMILES string of the molecule is FC(F)(F)c1nsc(Nc2ccccc2CCl)n1. The number of benzene rings is 1. The van der Waals surface area contributed by atoms with Gasteiger partial charge in [0.1, 0.15) is 0 Å². The van der Waals surface area contributed by atoms with Crippen LogP contribution in [0.3, 0.4) is 0 Å². The van der Waals surface area contributed by atoms with Gasteiger partial charge in [-0.2, -0.15) is 22.5 Å². The molecule has 1 N–H and O–H groups in total. The van der Waals surface area contributed by atoms with Crippen molar-refractivity contribution in [1.82, 2.24) is 9.36 Å². The molecule has 2 aromatic rings. The van der Waals surface area contributed by atoms with E-state index in [9.17, 15) is 13.2 Å². The topological polar surface area (TPSA) is 37.8 Å². The summed E-state index contributed by atoms with van der Waals surface area (Å²) in [5.74, 6) is -0.882. The van der Waals surface area contributed by atoms with E-state index >= 15 is 0 Å². The van der Waals surface area contributed by atoms with Gasteiger partial charge in [0.25, 0.3) is 0 Å². The van der Waals surface area contributed by atoms with Crippen molar-refractivity contribution in [2.24, 2.45) is 0 Å². The van der Waals surface area contributed by atoms with Crippen LogP contribution in [0.25, 0.3) is 0 Å². The third-order valence-electron chi connectivity index (χ3n) is 2.08. The first kappa shape index (κ1) is 13.1. The van der Waals surface area contributed by atoms with Gasteiger partial charge in [-0.15, -0.1) is 11.6 Å². The van der Waals surface area contributed by atoms with E-state index in [0.717, 1.165) is 5.56 Å². The number of hydrogen-bond donors (Lipinski definition) is 1. The van der Waals surface area contributed by atoms with Crippen LogP contribution in [0.2, 0.25) is 0 Å². The quantitative estimate of drug-likeness (QED) is 0.868. The molecule has 0 radical (unpaired) electrons. The molecular formula is C10H7ClF3N3S. The Kier molecular flexibility index (Phi) is 3.72. The van der Waals surface area contributed by atoms with Crippen molar-refractivity contribution in [1.29, 1.82) is 0 Å². The van der Waals surface area contributed by atoms with Crippen LogP contribution in [0.1, 0.15) is 11.4 Å². The van der Waals surface area contributed by atoms with E-state index in [2.05, 4.69) is 14.7 Å². The van der Waals surface area contributed by atoms with Crippen molar-refractivity contribution < 1.29 is 13.2 Å². The maximum absolute atomic E-state index is 12.3. The smallest absolute Gasteiger partial charge is 0.330 e. The first-order chi connectivity index (χ1) is 8.50. The summed E-state index contributed by atoms with van der Waals surface area (Å²) in [6, 6.07) is 7.04. The minimum atomic E-state index is -4.53. The molecule has 0 atom stereocenters. The Labute approximate surface area is 110 Å². The Hall–Kier alpha value is -1.34. The van der Waals surface area contributed by atoms with Gasteiger partial charge in [-0.1, -0.05) is 18.2 Å². The van der Waals surface area contributed by atoms with E-state index in [0.29, 0.717) is 17.2 Å². The second kappa shape index (κ2) is 5.11. The van der Waals surface area contributed by atoms with E-state index in [-0.39, 0.29) is 11.0 Å². The zero-order valence-corrected chi connectivity index (χ0v) is 10.4. The van der Waals surface area contributed by atoms with Crippen molar-refractivity contribution >= 4 is 34.0 Å². The fourth-order valence-corrected chi connectivity index (χ4v) is 2.10. The average molecular weight is 294 g/mol. The number of para-hydroxylation sites is 1. The minimum absolute atomic E-state index is 0.0832. The number of nitrogens with one attached hydrogen (secondary N) is 1. The molecule has 0 fully saturated rings. The van der Waals surface area contributed by atoms with Gasteiger partial charge in [0.15, 0.2) is 0 Å². The Bertz CT molecular complexity index is 541. The summed E-state index contributed by atoms with van der Waals surface area (Å²) in [4.78, 5) is 3.38. The summed E-state index contributed by atoms with van der Waals surface area (Å²) in [6.45, 7) is 0. The molecule has 0 aliphatic heterocycles. The van der Waals surface area contributed by atoms with Crippen LogP contribution in [-0.4, -0.2) is 9.36 Å². The molecule has 0 bridgehead atoms. The van der Waals surface area contributed by atoms with Crippen LogP contribution >= 0.6 is 23.1 Å². The molecule has 0 spiro atoms. The Morgan fingerprint density at radius 3 is 2.61 bits per heavy atom. The van der Waals surface area contributed by atoms with E-state index in [1.807, 2.05) is 0 Å². The molecule has 0 saturated carbocycles. The van der Waals surface area contributed by atoms with Gasteiger partial charge in [0, 0.05) is 23.1 Å². The largest absolute Gasteiger partial charge is 0.452 e. The van der Waals surface area contributed by atoms with Gasteiger partial charge in [0.2, 0.25) is 11.0 Å². The van der Waals surface area contributed by atoms with Gasteiger partial charge in [-0.25, -0.2) is 0 Å². The lowest BCUT2D eigenvalue weighted by atomic mass is 10.2. The normalized spacial score (nSPS) is 11.6. The lowest BCUT2D eigenvalue weighted by Crippen LogP contribution is -2.07. The van der Waals surface area contributed by atoms with Crippen LogP contribution in [0.5, 0.6) is 0 Å². The minimum Gasteiger partial charge on any atom is -0.330 e. The highest BCUT2D eigenvalue weighted by Crippen LogP contribution is 2.30. The molecule has 0 saturated heterocycles. The second-order valence-corrected chi connectivity index (χ2v) is 4.36. The average Bonchev–Trinajstić information content (AvgIpc) is 2.78. The third-order valence-corrected chi connectivity index (χ3v) is 3.00. The van der Waals surface area contributed by atoms with Crippen molar-refractivity contribution in [3.05, 3.63) is 35.7 Å². The number of alkyl halides is 4. The van der Waals surface area contributed by atoms with Gasteiger partial charge in [0.05, 0.1) is 0 Å². The summed E-state index contributed by atoms with van der Waals surface area (Å²) >= 11 is 6.38. The first-order valence-electron chi connectivity index (χ1n) is 4.82. The summed E-state index contributed by atoms with van der Waals surface area (Å²) in [5, 5.41) is 2.86. The predicted molar refractivity (Wildman–Crippen MR) is 64.2 cm³/mol. The van der Waals surface area contributed by atoms with Crippen LogP contribution in [0.15, 0.2) is 24.3 Å². The number of rotatable bonds is 3. The Balaban J connectivity index is 2.22. The summed E-state index contributed by atoms with van der Waals surface area (Å²) < 4.78 is 40.2. The first-order valence-corrected chi connectivity index (χ1v) is 6.13. The monoisotopic (exact) mass is 293 g/mol. The van der Waals surface area contributed by atoms with Crippen LogP contribution in [-0.2, 0) is 12.1 Å². The second-order valence-electron chi connectivity index (χ2n) is 3.34. The third kappa shape index (κ3) is 2.91. The highest BCUT2D eigenvalue weighted by Gasteiger charge is 2.36. The number of aromatic nitrogens is 2. The lowest BCUT2D eigenvalue weighted by Gasteiger charge is -2.06. The van der Waals surface area contributed by atoms with Crippen LogP contribution in [0.4, 0.5) is 24.0 Å². The van der Waals surface area contributed by atoms with Crippen molar-refractivity contribution in [2.45, 2.75) is 12.1 Å². The van der Waals surface area contributed by atoms with Gasteiger partial charge >= 0.3 is 6.18 Å². The molecule has 3 nitrogen and oxygen atoms in total. The standard InChI is InChI=1S/C10H7ClF3N3S/c11-5-6-3-1-2-4-7(6)15-9-16-8(17-18-9)10(12,13)14/h1-4H,5H2,(H,15,16,17). The van der Waals surface area contributed by atoms with Crippen LogP contribution < -0.4 is 5.32 Å². The number of hydrogen-bond acceptors (Lipinski definition) is 4. The lowest BCUT2D eigenvalue weighted by molar-refractivity contribution is -0.144. The molecule has 8 heteroatoms. The van der Waals surface area contributed by atoms with Crippen molar-refractivity contribution in [2.75, 3.05) is 5.32 Å². The molecular weight excluding hydrogens is 287 g/mol. The molecule has 0 aliphatic carbocycles. The fraction of sp³-hybridized carbons (Fsp3) is 0.200. The fourth-order valence-electron chi connectivity index (χ4n) is 1.26. The van der Waals surface area contributed by atoms with Gasteiger partial charge < -0.3 is 5.32 Å². The van der Waals surface area contributed by atoms with E-state index < -0.39 is 12.0 Å². The molecule has 2 rings (SSSR count). The van der Waals surface area contributed by atoms with Gasteiger partial charge in [-0.05, 0) is 11.6 Å². The maximum Gasteiger partial charge on any atom is 0.452 e. The summed E-state index contributed by atoms with van der Waals surface area (Å²) in [6.07, 6.45) is -4.53. The number of halogens is 4. The zero-order chi connectivity index (χ0) is 13.2. The van der Waals surface area contributed by atoms with Gasteiger partial charge in [-0.3, -0.25) is 0 Å². The summed E-state index contributed by atoms with van der Waals surface area (Å²) in [7, 11) is 0. The van der Waals surface area contributed by atoms with E-state index in [1.165, 1.54) is 0 Å². The molecule has 1 heterocycles. The maximum atomic E-state index is 12.3. The van der Waals surface area contributed by atoms with E-state index in [4.69, 9.17) is 11.6 Å². The van der Waals surface area contributed by atoms with Crippen molar-refractivity contribution in [3.8, 4) is 0 Å². The molecule has 0 amide bonds. The number of anilines is 2. The highest BCUT2D eigenvalue weighted by molar-refractivity contribution is 7.09. The Morgan fingerprint density at radius 1 is 1.28 bits per heavy atom. The molecule has 18 heavy (non-hydrogen) atoms. The summed E-state index contributed by atoms with van der Waals surface area (Å²) in [5.41, 5.74) is 1.40. The molecule has 1 aromatic carbocycles. The molecule has 1 aromatic heterocycles. The Morgan fingerprint density at radius 2 is 2.00 bits per heavy atom. The van der Waals surface area contributed by atoms with E-state index in [1.54, 1.807) is 24.3 Å². The highest BCUT2D eigenvalue weighted by atomic mass is 35.5. The van der Waals surface area contributed by atoms with Crippen LogP contribution in [0, 0.1) is 0 Å². The molecule has 0 unspecified atom stereocenters.